The van der Waals surface area contributed by atoms with Crippen molar-refractivity contribution >= 4 is 10.9 Å². The van der Waals surface area contributed by atoms with Crippen molar-refractivity contribution in [3.8, 4) is 11.1 Å². The summed E-state index contributed by atoms with van der Waals surface area (Å²) in [6, 6.07) is 7.55. The molecule has 0 aliphatic carbocycles. The van der Waals surface area contributed by atoms with Crippen LogP contribution in [-0.2, 0) is 6.42 Å². The minimum Gasteiger partial charge on any atom is -0.358 e. The Morgan fingerprint density at radius 2 is 2.05 bits per heavy atom. The lowest BCUT2D eigenvalue weighted by Gasteiger charge is -2.06. The largest absolute Gasteiger partial charge is 0.358 e. The number of hydrogen-bond acceptors (Lipinski definition) is 1. The number of hydrogen-bond donors (Lipinski definition) is 1. The van der Waals surface area contributed by atoms with Gasteiger partial charge in [-0.25, -0.2) is 4.39 Å². The third-order valence-electron chi connectivity index (χ3n) is 3.81. The molecule has 0 atom stereocenters. The zero-order valence-electron chi connectivity index (χ0n) is 11.9. The summed E-state index contributed by atoms with van der Waals surface area (Å²) in [4.78, 5) is 7.63. The summed E-state index contributed by atoms with van der Waals surface area (Å²) in [5, 5.41) is 1.07. The maximum atomic E-state index is 13.9. The summed E-state index contributed by atoms with van der Waals surface area (Å²) in [5.41, 5.74) is 5.85. The van der Waals surface area contributed by atoms with Gasteiger partial charge in [-0.1, -0.05) is 13.0 Å². The highest BCUT2D eigenvalue weighted by molar-refractivity contribution is 5.98. The molecule has 0 unspecified atom stereocenters. The second kappa shape index (κ2) is 4.75. The summed E-state index contributed by atoms with van der Waals surface area (Å²) in [6.07, 6.45) is 2.48. The summed E-state index contributed by atoms with van der Waals surface area (Å²) in [6.45, 7) is 5.99. The Bertz CT molecular complexity index is 787. The predicted octanol–water partition coefficient (Wildman–Crippen LogP) is 4.55. The molecule has 0 fully saturated rings. The Morgan fingerprint density at radius 1 is 1.25 bits per heavy atom. The van der Waals surface area contributed by atoms with Crippen molar-refractivity contribution in [1.82, 2.24) is 9.97 Å². The van der Waals surface area contributed by atoms with Gasteiger partial charge in [-0.15, -0.1) is 0 Å². The molecule has 2 aromatic heterocycles. The van der Waals surface area contributed by atoms with Gasteiger partial charge in [-0.2, -0.15) is 0 Å². The summed E-state index contributed by atoms with van der Waals surface area (Å²) >= 11 is 0. The van der Waals surface area contributed by atoms with Crippen LogP contribution < -0.4 is 0 Å². The van der Waals surface area contributed by atoms with Crippen molar-refractivity contribution in [2.45, 2.75) is 27.2 Å². The molecule has 0 saturated carbocycles. The van der Waals surface area contributed by atoms with Crippen LogP contribution in [0.1, 0.15) is 23.9 Å². The monoisotopic (exact) mass is 268 g/mol. The third-order valence-corrected chi connectivity index (χ3v) is 3.81. The zero-order valence-corrected chi connectivity index (χ0v) is 11.9. The Balaban J connectivity index is 2.36. The number of nitrogens with one attached hydrogen (secondary N) is 1. The molecule has 102 valence electrons. The molecule has 0 saturated heterocycles. The second-order valence-electron chi connectivity index (χ2n) is 5.10. The first-order valence-electron chi connectivity index (χ1n) is 6.84. The average molecular weight is 268 g/mol. The minimum atomic E-state index is -0.143. The highest BCUT2D eigenvalue weighted by atomic mass is 19.1. The fraction of sp³-hybridized carbons (Fsp3) is 0.235. The van der Waals surface area contributed by atoms with E-state index in [-0.39, 0.29) is 5.82 Å². The molecule has 0 radical (unpaired) electrons. The topological polar surface area (TPSA) is 28.7 Å². The van der Waals surface area contributed by atoms with Gasteiger partial charge in [0.05, 0.1) is 0 Å². The van der Waals surface area contributed by atoms with E-state index in [1.165, 1.54) is 0 Å². The van der Waals surface area contributed by atoms with Gasteiger partial charge in [-0.3, -0.25) is 4.98 Å². The van der Waals surface area contributed by atoms with E-state index in [1.807, 2.05) is 32.9 Å². The van der Waals surface area contributed by atoms with Crippen molar-refractivity contribution in [3.05, 3.63) is 53.2 Å². The van der Waals surface area contributed by atoms with Crippen LogP contribution in [-0.4, -0.2) is 9.97 Å². The molecule has 0 aliphatic rings. The van der Waals surface area contributed by atoms with E-state index in [1.54, 1.807) is 12.3 Å². The lowest BCUT2D eigenvalue weighted by atomic mass is 9.99. The van der Waals surface area contributed by atoms with Crippen molar-refractivity contribution in [2.75, 3.05) is 0 Å². The van der Waals surface area contributed by atoms with Crippen LogP contribution >= 0.6 is 0 Å². The first kappa shape index (κ1) is 12.9. The van der Waals surface area contributed by atoms with Crippen molar-refractivity contribution in [1.29, 1.82) is 0 Å². The number of aromatic amines is 1. The van der Waals surface area contributed by atoms with Crippen LogP contribution in [0, 0.1) is 19.7 Å². The van der Waals surface area contributed by atoms with E-state index in [2.05, 4.69) is 16.0 Å². The van der Waals surface area contributed by atoms with Crippen LogP contribution in [0.3, 0.4) is 0 Å². The zero-order chi connectivity index (χ0) is 14.3. The highest BCUT2D eigenvalue weighted by Crippen LogP contribution is 2.34. The van der Waals surface area contributed by atoms with Crippen LogP contribution in [0.4, 0.5) is 4.39 Å². The Hall–Kier alpha value is -2.16. The molecule has 0 aliphatic heterocycles. The number of pyridine rings is 1. The summed E-state index contributed by atoms with van der Waals surface area (Å²) in [5.74, 6) is -0.143. The molecule has 0 spiro atoms. The van der Waals surface area contributed by atoms with Crippen molar-refractivity contribution in [2.24, 2.45) is 0 Å². The SMILES string of the molecule is CCc1cc2c(-c3cccnc3C)c(C)[nH]c2cc1F. The molecular formula is C17H17FN2. The molecule has 2 nitrogen and oxygen atoms in total. The quantitative estimate of drug-likeness (QED) is 0.725. The maximum absolute atomic E-state index is 13.9. The third kappa shape index (κ3) is 1.90. The predicted molar refractivity (Wildman–Crippen MR) is 80.3 cm³/mol. The molecule has 20 heavy (non-hydrogen) atoms. The Kier molecular flexibility index (Phi) is 3.05. The second-order valence-corrected chi connectivity index (χ2v) is 5.10. The lowest BCUT2D eigenvalue weighted by molar-refractivity contribution is 0.614. The van der Waals surface area contributed by atoms with Crippen molar-refractivity contribution < 1.29 is 4.39 Å². The number of rotatable bonds is 2. The first-order valence-corrected chi connectivity index (χ1v) is 6.84. The fourth-order valence-electron chi connectivity index (χ4n) is 2.76. The smallest absolute Gasteiger partial charge is 0.128 e. The highest BCUT2D eigenvalue weighted by Gasteiger charge is 2.15. The van der Waals surface area contributed by atoms with Gasteiger partial charge < -0.3 is 4.98 Å². The van der Waals surface area contributed by atoms with Gasteiger partial charge >= 0.3 is 0 Å². The molecule has 3 rings (SSSR count). The van der Waals surface area contributed by atoms with Crippen LogP contribution in [0.5, 0.6) is 0 Å². The van der Waals surface area contributed by atoms with Gasteiger partial charge in [0.1, 0.15) is 5.82 Å². The van der Waals surface area contributed by atoms with E-state index in [4.69, 9.17) is 0 Å². The van der Waals surface area contributed by atoms with Gasteiger partial charge in [-0.05, 0) is 44.0 Å². The summed E-state index contributed by atoms with van der Waals surface area (Å²) in [7, 11) is 0. The maximum Gasteiger partial charge on any atom is 0.128 e. The van der Waals surface area contributed by atoms with E-state index < -0.39 is 0 Å². The van der Waals surface area contributed by atoms with Crippen molar-refractivity contribution in [3.63, 3.8) is 0 Å². The number of fused-ring (bicyclic) bond motifs is 1. The number of benzene rings is 1. The van der Waals surface area contributed by atoms with E-state index in [9.17, 15) is 4.39 Å². The van der Waals surface area contributed by atoms with Crippen LogP contribution in [0.25, 0.3) is 22.0 Å². The van der Waals surface area contributed by atoms with Gasteiger partial charge in [0.15, 0.2) is 0 Å². The van der Waals surface area contributed by atoms with Gasteiger partial charge in [0.2, 0.25) is 0 Å². The molecule has 3 aromatic rings. The van der Waals surface area contributed by atoms with Crippen LogP contribution in [0.15, 0.2) is 30.5 Å². The van der Waals surface area contributed by atoms with E-state index >= 15 is 0 Å². The average Bonchev–Trinajstić information content (AvgIpc) is 2.73. The van der Waals surface area contributed by atoms with Crippen LogP contribution in [0.2, 0.25) is 0 Å². The molecule has 1 N–H and O–H groups in total. The normalized spacial score (nSPS) is 11.2. The molecule has 0 bridgehead atoms. The number of aryl methyl sites for hydroxylation is 3. The number of H-pyrrole nitrogens is 1. The lowest BCUT2D eigenvalue weighted by Crippen LogP contribution is -1.89. The molecule has 1 aromatic carbocycles. The standard InChI is InChI=1S/C17H17FN2/c1-4-12-8-14-16(9-15(12)18)20-11(3)17(14)13-6-5-7-19-10(13)2/h5-9,20H,4H2,1-3H3. The number of nitrogens with zero attached hydrogens (tertiary/aromatic N) is 1. The Labute approximate surface area is 117 Å². The minimum absolute atomic E-state index is 0.143. The molecular weight excluding hydrogens is 251 g/mol. The van der Waals surface area contributed by atoms with Gasteiger partial charge in [0.25, 0.3) is 0 Å². The fourth-order valence-corrected chi connectivity index (χ4v) is 2.76. The summed E-state index contributed by atoms with van der Waals surface area (Å²) < 4.78 is 13.9. The molecule has 2 heterocycles. The number of halogens is 1. The van der Waals surface area contributed by atoms with E-state index in [0.29, 0.717) is 6.42 Å². The first-order chi connectivity index (χ1) is 9.61. The van der Waals surface area contributed by atoms with E-state index in [0.717, 1.165) is 39.0 Å². The molecule has 0 amide bonds. The molecule has 3 heteroatoms. The number of aromatic nitrogens is 2. The Morgan fingerprint density at radius 3 is 2.75 bits per heavy atom. The van der Waals surface area contributed by atoms with Gasteiger partial charge in [0, 0.05) is 39.6 Å².